The fourth-order valence-electron chi connectivity index (χ4n) is 1.75. The highest BCUT2D eigenvalue weighted by atomic mass is 19.4. The van der Waals surface area contributed by atoms with Gasteiger partial charge in [0, 0.05) is 6.54 Å². The number of hydrogen-bond acceptors (Lipinski definition) is 2. The van der Waals surface area contributed by atoms with Gasteiger partial charge in [-0.3, -0.25) is 4.90 Å². The number of hydrogen-bond donors (Lipinski definition) is 1. The number of likely N-dealkylation sites (N-methyl/N-ethyl adjacent to an activating group) is 1. The van der Waals surface area contributed by atoms with E-state index in [0.29, 0.717) is 5.56 Å². The fourth-order valence-corrected chi connectivity index (χ4v) is 1.75. The molecule has 0 aliphatic heterocycles. The molecule has 1 aromatic rings. The van der Waals surface area contributed by atoms with Crippen molar-refractivity contribution >= 4 is 0 Å². The Morgan fingerprint density at radius 1 is 1.22 bits per heavy atom. The molecule has 0 heterocycles. The molecule has 0 aliphatic carbocycles. The van der Waals surface area contributed by atoms with Gasteiger partial charge in [0.1, 0.15) is 0 Å². The van der Waals surface area contributed by atoms with E-state index in [0.717, 1.165) is 16.9 Å². The Morgan fingerprint density at radius 3 is 2.22 bits per heavy atom. The number of aliphatic hydroxyl groups excluding tert-OH is 1. The minimum absolute atomic E-state index is 0.0367. The molecular weight excluding hydrogens is 243 g/mol. The van der Waals surface area contributed by atoms with E-state index in [1.165, 1.54) is 7.05 Å². The molecule has 1 N–H and O–H groups in total. The van der Waals surface area contributed by atoms with Gasteiger partial charge in [0.15, 0.2) is 0 Å². The summed E-state index contributed by atoms with van der Waals surface area (Å²) in [4.78, 5) is 1.07. The smallest absolute Gasteiger partial charge is 0.387 e. The van der Waals surface area contributed by atoms with Gasteiger partial charge in [0.05, 0.1) is 12.6 Å². The van der Waals surface area contributed by atoms with Crippen LogP contribution in [0.25, 0.3) is 0 Å². The van der Waals surface area contributed by atoms with Crippen LogP contribution in [-0.2, 0) is 6.42 Å². The molecular formula is C13H18F3NO. The van der Waals surface area contributed by atoms with Crippen molar-refractivity contribution in [3.8, 4) is 0 Å². The van der Waals surface area contributed by atoms with Gasteiger partial charge in [-0.05, 0) is 24.6 Å². The van der Waals surface area contributed by atoms with Crippen LogP contribution < -0.4 is 0 Å². The number of benzene rings is 1. The van der Waals surface area contributed by atoms with Crippen molar-refractivity contribution in [2.24, 2.45) is 0 Å². The summed E-state index contributed by atoms with van der Waals surface area (Å²) < 4.78 is 36.4. The van der Waals surface area contributed by atoms with Gasteiger partial charge in [0.25, 0.3) is 0 Å². The van der Waals surface area contributed by atoms with Gasteiger partial charge < -0.3 is 5.11 Å². The molecule has 0 amide bonds. The molecule has 2 nitrogen and oxygen atoms in total. The third kappa shape index (κ3) is 5.06. The summed E-state index contributed by atoms with van der Waals surface area (Å²) in [7, 11) is 1.34. The lowest BCUT2D eigenvalue weighted by Crippen LogP contribution is -2.34. The minimum Gasteiger partial charge on any atom is -0.387 e. The summed E-state index contributed by atoms with van der Waals surface area (Å²) in [5, 5.41) is 9.84. The lowest BCUT2D eigenvalue weighted by atomic mass is 10.1. The van der Waals surface area contributed by atoms with E-state index in [-0.39, 0.29) is 6.54 Å². The molecule has 1 aromatic carbocycles. The molecule has 18 heavy (non-hydrogen) atoms. The SMILES string of the molecule is CCc1ccc(C(O)CN(C)CC(F)(F)F)cc1. The van der Waals surface area contributed by atoms with Gasteiger partial charge in [0.2, 0.25) is 0 Å². The summed E-state index contributed by atoms with van der Waals surface area (Å²) in [6.45, 7) is 0.963. The maximum Gasteiger partial charge on any atom is 0.401 e. The van der Waals surface area contributed by atoms with Gasteiger partial charge in [-0.25, -0.2) is 0 Å². The molecule has 0 aromatic heterocycles. The number of nitrogens with zero attached hydrogens (tertiary/aromatic N) is 1. The van der Waals surface area contributed by atoms with Crippen molar-refractivity contribution in [1.29, 1.82) is 0 Å². The molecule has 0 bridgehead atoms. The monoisotopic (exact) mass is 261 g/mol. The Bertz CT molecular complexity index is 361. The average molecular weight is 261 g/mol. The standard InChI is InChI=1S/C13H18F3NO/c1-3-10-4-6-11(7-5-10)12(18)8-17(2)9-13(14,15)16/h4-7,12,18H,3,8-9H2,1-2H3. The molecule has 1 rings (SSSR count). The van der Waals surface area contributed by atoms with E-state index in [4.69, 9.17) is 0 Å². The highest BCUT2D eigenvalue weighted by Gasteiger charge is 2.29. The molecule has 1 atom stereocenters. The van der Waals surface area contributed by atoms with Crippen LogP contribution in [0.15, 0.2) is 24.3 Å². The summed E-state index contributed by atoms with van der Waals surface area (Å²) >= 11 is 0. The lowest BCUT2D eigenvalue weighted by molar-refractivity contribution is -0.145. The minimum atomic E-state index is -4.24. The van der Waals surface area contributed by atoms with E-state index in [1.807, 2.05) is 19.1 Å². The van der Waals surface area contributed by atoms with Crippen molar-refractivity contribution in [3.05, 3.63) is 35.4 Å². The van der Waals surface area contributed by atoms with Gasteiger partial charge in [-0.1, -0.05) is 31.2 Å². The first-order valence-electron chi connectivity index (χ1n) is 5.84. The molecule has 0 saturated heterocycles. The zero-order chi connectivity index (χ0) is 13.8. The van der Waals surface area contributed by atoms with Crippen molar-refractivity contribution in [2.45, 2.75) is 25.6 Å². The molecule has 0 aliphatic rings. The Hall–Kier alpha value is -1.07. The van der Waals surface area contributed by atoms with Crippen molar-refractivity contribution in [2.75, 3.05) is 20.1 Å². The quantitative estimate of drug-likeness (QED) is 0.881. The van der Waals surface area contributed by atoms with E-state index < -0.39 is 18.8 Å². The maximum atomic E-state index is 12.1. The van der Waals surface area contributed by atoms with Gasteiger partial charge in [-0.2, -0.15) is 13.2 Å². The molecule has 0 radical (unpaired) electrons. The summed E-state index contributed by atoms with van der Waals surface area (Å²) in [6, 6.07) is 7.26. The number of halogens is 3. The third-order valence-electron chi connectivity index (χ3n) is 2.71. The first-order valence-corrected chi connectivity index (χ1v) is 5.84. The maximum absolute atomic E-state index is 12.1. The van der Waals surface area contributed by atoms with E-state index in [9.17, 15) is 18.3 Å². The Balaban J connectivity index is 2.56. The fraction of sp³-hybridized carbons (Fsp3) is 0.538. The van der Waals surface area contributed by atoms with Gasteiger partial charge in [-0.15, -0.1) is 0 Å². The van der Waals surface area contributed by atoms with Crippen LogP contribution in [0, 0.1) is 0 Å². The van der Waals surface area contributed by atoms with Crippen LogP contribution >= 0.6 is 0 Å². The zero-order valence-corrected chi connectivity index (χ0v) is 10.5. The van der Waals surface area contributed by atoms with Crippen molar-refractivity contribution in [1.82, 2.24) is 4.90 Å². The van der Waals surface area contributed by atoms with Crippen LogP contribution in [-0.4, -0.2) is 36.3 Å². The highest BCUT2D eigenvalue weighted by Crippen LogP contribution is 2.19. The van der Waals surface area contributed by atoms with Crippen molar-refractivity contribution < 1.29 is 18.3 Å². The van der Waals surface area contributed by atoms with Crippen LogP contribution in [0.1, 0.15) is 24.2 Å². The molecule has 1 unspecified atom stereocenters. The largest absolute Gasteiger partial charge is 0.401 e. The average Bonchev–Trinajstić information content (AvgIpc) is 2.26. The molecule has 0 saturated carbocycles. The van der Waals surface area contributed by atoms with Crippen LogP contribution in [0.3, 0.4) is 0 Å². The Kier molecular flexibility index (Phi) is 5.16. The third-order valence-corrected chi connectivity index (χ3v) is 2.71. The normalized spacial score (nSPS) is 13.9. The lowest BCUT2D eigenvalue weighted by Gasteiger charge is -2.22. The molecule has 102 valence electrons. The van der Waals surface area contributed by atoms with E-state index in [2.05, 4.69) is 0 Å². The molecule has 0 fully saturated rings. The second kappa shape index (κ2) is 6.20. The number of rotatable bonds is 5. The van der Waals surface area contributed by atoms with Crippen LogP contribution in [0.5, 0.6) is 0 Å². The predicted molar refractivity (Wildman–Crippen MR) is 64.3 cm³/mol. The van der Waals surface area contributed by atoms with Gasteiger partial charge >= 0.3 is 6.18 Å². The molecule has 0 spiro atoms. The predicted octanol–water partition coefficient (Wildman–Crippen LogP) is 2.78. The summed E-state index contributed by atoms with van der Waals surface area (Å²) in [5.74, 6) is 0. The highest BCUT2D eigenvalue weighted by molar-refractivity contribution is 5.24. The Labute approximate surface area is 105 Å². The van der Waals surface area contributed by atoms with Crippen molar-refractivity contribution in [3.63, 3.8) is 0 Å². The first kappa shape index (κ1) is 15.0. The second-order valence-electron chi connectivity index (χ2n) is 4.42. The van der Waals surface area contributed by atoms with Crippen LogP contribution in [0.2, 0.25) is 0 Å². The summed E-state index contributed by atoms with van der Waals surface area (Å²) in [6.07, 6.45) is -4.24. The van der Waals surface area contributed by atoms with Crippen LogP contribution in [0.4, 0.5) is 13.2 Å². The second-order valence-corrected chi connectivity index (χ2v) is 4.42. The topological polar surface area (TPSA) is 23.5 Å². The van der Waals surface area contributed by atoms with E-state index in [1.54, 1.807) is 12.1 Å². The number of aryl methyl sites for hydroxylation is 1. The molecule has 5 heteroatoms. The number of alkyl halides is 3. The Morgan fingerprint density at radius 2 is 1.78 bits per heavy atom. The zero-order valence-electron chi connectivity index (χ0n) is 10.5. The summed E-state index contributed by atoms with van der Waals surface area (Å²) in [5.41, 5.74) is 1.77. The number of aliphatic hydroxyl groups is 1. The first-order chi connectivity index (χ1) is 8.31. The van der Waals surface area contributed by atoms with E-state index >= 15 is 0 Å².